The Bertz CT molecular complexity index is 284. The quantitative estimate of drug-likeness (QED) is 0.764. The fourth-order valence-electron chi connectivity index (χ4n) is 1.33. The third-order valence-electron chi connectivity index (χ3n) is 2.32. The molecule has 0 spiro atoms. The molecule has 0 atom stereocenters. The lowest BCUT2D eigenvalue weighted by Crippen LogP contribution is -2.54. The van der Waals surface area contributed by atoms with Crippen LogP contribution < -0.4 is 10.6 Å². The minimum Gasteiger partial charge on any atom is -0.314 e. The predicted molar refractivity (Wildman–Crippen MR) is 54.9 cm³/mol. The van der Waals surface area contributed by atoms with Crippen LogP contribution in [0.5, 0.6) is 0 Å². The van der Waals surface area contributed by atoms with Crippen LogP contribution in [0.2, 0.25) is 5.02 Å². The van der Waals surface area contributed by atoms with Crippen LogP contribution in [-0.4, -0.2) is 19.1 Å². The molecule has 2 rings (SSSR count). The molecule has 1 saturated heterocycles. The molecule has 0 aliphatic carbocycles. The van der Waals surface area contributed by atoms with Crippen LogP contribution in [0, 0.1) is 0 Å². The zero-order valence-electron chi connectivity index (χ0n) is 7.39. The summed E-state index contributed by atoms with van der Waals surface area (Å²) in [6.07, 6.45) is 0. The number of benzene rings is 1. The zero-order valence-corrected chi connectivity index (χ0v) is 8.14. The van der Waals surface area contributed by atoms with Gasteiger partial charge in [0.25, 0.3) is 0 Å². The standard InChI is InChI=1S/C10H13ClN2/c11-10-4-2-1-3-8(10)5-13-9-6-12-7-9/h1-4,9,12-13H,5-7H2. The monoisotopic (exact) mass is 196 g/mol. The summed E-state index contributed by atoms with van der Waals surface area (Å²) >= 11 is 6.01. The third kappa shape index (κ3) is 2.21. The average Bonchev–Trinajstić information content (AvgIpc) is 2.05. The fourth-order valence-corrected chi connectivity index (χ4v) is 1.53. The van der Waals surface area contributed by atoms with Gasteiger partial charge in [0.05, 0.1) is 0 Å². The molecule has 0 saturated carbocycles. The molecule has 0 amide bonds. The highest BCUT2D eigenvalue weighted by atomic mass is 35.5. The van der Waals surface area contributed by atoms with E-state index in [1.165, 1.54) is 5.56 Å². The zero-order chi connectivity index (χ0) is 9.10. The SMILES string of the molecule is Clc1ccccc1CNC1CNC1. The summed E-state index contributed by atoms with van der Waals surface area (Å²) in [5, 5.41) is 7.50. The van der Waals surface area contributed by atoms with Crippen LogP contribution in [0.3, 0.4) is 0 Å². The van der Waals surface area contributed by atoms with Crippen LogP contribution >= 0.6 is 11.6 Å². The van der Waals surface area contributed by atoms with Gasteiger partial charge in [0.15, 0.2) is 0 Å². The molecule has 2 N–H and O–H groups in total. The second-order valence-corrected chi connectivity index (χ2v) is 3.73. The highest BCUT2D eigenvalue weighted by molar-refractivity contribution is 6.31. The molecule has 0 bridgehead atoms. The van der Waals surface area contributed by atoms with Crippen LogP contribution in [0.15, 0.2) is 24.3 Å². The summed E-state index contributed by atoms with van der Waals surface area (Å²) in [5.41, 5.74) is 1.18. The molecule has 1 aliphatic rings. The third-order valence-corrected chi connectivity index (χ3v) is 2.69. The maximum Gasteiger partial charge on any atom is 0.0450 e. The van der Waals surface area contributed by atoms with Gasteiger partial charge in [-0.15, -0.1) is 0 Å². The Labute approximate surface area is 83.3 Å². The van der Waals surface area contributed by atoms with Gasteiger partial charge in [-0.2, -0.15) is 0 Å². The molecule has 1 aliphatic heterocycles. The maximum atomic E-state index is 6.01. The molecule has 1 fully saturated rings. The van der Waals surface area contributed by atoms with Gasteiger partial charge in [-0.3, -0.25) is 0 Å². The Morgan fingerprint density at radius 1 is 1.38 bits per heavy atom. The number of hydrogen-bond acceptors (Lipinski definition) is 2. The molecule has 70 valence electrons. The lowest BCUT2D eigenvalue weighted by molar-refractivity contribution is 0.365. The van der Waals surface area contributed by atoms with Crippen molar-refractivity contribution in [2.24, 2.45) is 0 Å². The Kier molecular flexibility index (Phi) is 2.83. The molecular weight excluding hydrogens is 184 g/mol. The van der Waals surface area contributed by atoms with E-state index in [9.17, 15) is 0 Å². The van der Waals surface area contributed by atoms with Crippen molar-refractivity contribution in [3.63, 3.8) is 0 Å². The predicted octanol–water partition coefficient (Wildman–Crippen LogP) is 1.40. The van der Waals surface area contributed by atoms with Crippen molar-refractivity contribution in [1.29, 1.82) is 0 Å². The molecule has 13 heavy (non-hydrogen) atoms. The summed E-state index contributed by atoms with van der Waals surface area (Å²) in [6.45, 7) is 3.01. The van der Waals surface area contributed by atoms with Crippen molar-refractivity contribution in [3.8, 4) is 0 Å². The van der Waals surface area contributed by atoms with Crippen molar-refractivity contribution < 1.29 is 0 Å². The first-order valence-corrected chi connectivity index (χ1v) is 4.91. The minimum absolute atomic E-state index is 0.622. The van der Waals surface area contributed by atoms with Crippen molar-refractivity contribution in [1.82, 2.24) is 10.6 Å². The van der Waals surface area contributed by atoms with Crippen LogP contribution in [0.25, 0.3) is 0 Å². The van der Waals surface area contributed by atoms with Gasteiger partial charge < -0.3 is 10.6 Å². The van der Waals surface area contributed by atoms with Gasteiger partial charge in [-0.25, -0.2) is 0 Å². The Balaban J connectivity index is 1.89. The van der Waals surface area contributed by atoms with Gasteiger partial charge in [0, 0.05) is 30.7 Å². The fraction of sp³-hybridized carbons (Fsp3) is 0.400. The Hall–Kier alpha value is -0.570. The molecular formula is C10H13ClN2. The Morgan fingerprint density at radius 3 is 2.77 bits per heavy atom. The molecule has 0 aromatic heterocycles. The van der Waals surface area contributed by atoms with E-state index in [0.29, 0.717) is 6.04 Å². The highest BCUT2D eigenvalue weighted by Gasteiger charge is 2.15. The molecule has 1 aromatic carbocycles. The smallest absolute Gasteiger partial charge is 0.0450 e. The lowest BCUT2D eigenvalue weighted by atomic mass is 10.1. The Morgan fingerprint density at radius 2 is 2.15 bits per heavy atom. The van der Waals surface area contributed by atoms with E-state index in [0.717, 1.165) is 24.7 Å². The topological polar surface area (TPSA) is 24.1 Å². The van der Waals surface area contributed by atoms with Crippen molar-refractivity contribution in [2.45, 2.75) is 12.6 Å². The first kappa shape index (κ1) is 9.00. The van der Waals surface area contributed by atoms with Gasteiger partial charge in [-0.1, -0.05) is 29.8 Å². The molecule has 0 unspecified atom stereocenters. The average molecular weight is 197 g/mol. The lowest BCUT2D eigenvalue weighted by Gasteiger charge is -2.28. The summed E-state index contributed by atoms with van der Waals surface area (Å²) in [5.74, 6) is 0. The van der Waals surface area contributed by atoms with E-state index >= 15 is 0 Å². The van der Waals surface area contributed by atoms with Crippen LogP contribution in [-0.2, 0) is 6.54 Å². The molecule has 2 nitrogen and oxygen atoms in total. The molecule has 3 heteroatoms. The van der Waals surface area contributed by atoms with E-state index in [2.05, 4.69) is 16.7 Å². The largest absolute Gasteiger partial charge is 0.314 e. The first-order chi connectivity index (χ1) is 6.36. The molecule has 0 radical (unpaired) electrons. The summed E-state index contributed by atoms with van der Waals surface area (Å²) in [7, 11) is 0. The number of halogens is 1. The van der Waals surface area contributed by atoms with E-state index in [4.69, 9.17) is 11.6 Å². The maximum absolute atomic E-state index is 6.01. The van der Waals surface area contributed by atoms with Crippen molar-refractivity contribution >= 4 is 11.6 Å². The van der Waals surface area contributed by atoms with Gasteiger partial charge in [0.2, 0.25) is 0 Å². The summed E-state index contributed by atoms with van der Waals surface area (Å²) in [4.78, 5) is 0. The van der Waals surface area contributed by atoms with E-state index in [1.807, 2.05) is 18.2 Å². The van der Waals surface area contributed by atoms with E-state index < -0.39 is 0 Å². The number of hydrogen-bond donors (Lipinski definition) is 2. The van der Waals surface area contributed by atoms with Gasteiger partial charge in [-0.05, 0) is 11.6 Å². The molecule has 1 heterocycles. The minimum atomic E-state index is 0.622. The number of rotatable bonds is 3. The van der Waals surface area contributed by atoms with Crippen molar-refractivity contribution in [3.05, 3.63) is 34.9 Å². The van der Waals surface area contributed by atoms with E-state index in [-0.39, 0.29) is 0 Å². The van der Waals surface area contributed by atoms with E-state index in [1.54, 1.807) is 0 Å². The first-order valence-electron chi connectivity index (χ1n) is 4.54. The molecule has 1 aromatic rings. The second-order valence-electron chi connectivity index (χ2n) is 3.33. The van der Waals surface area contributed by atoms with Crippen LogP contribution in [0.4, 0.5) is 0 Å². The number of nitrogens with one attached hydrogen (secondary N) is 2. The van der Waals surface area contributed by atoms with Gasteiger partial charge in [0.1, 0.15) is 0 Å². The highest BCUT2D eigenvalue weighted by Crippen LogP contribution is 2.14. The van der Waals surface area contributed by atoms with Crippen LogP contribution in [0.1, 0.15) is 5.56 Å². The summed E-state index contributed by atoms with van der Waals surface area (Å²) < 4.78 is 0. The second kappa shape index (κ2) is 4.09. The summed E-state index contributed by atoms with van der Waals surface area (Å²) in [6, 6.07) is 8.58. The normalized spacial score (nSPS) is 17.0. The van der Waals surface area contributed by atoms with Gasteiger partial charge >= 0.3 is 0 Å². The van der Waals surface area contributed by atoms with Crippen molar-refractivity contribution in [2.75, 3.05) is 13.1 Å².